The molecule has 0 spiro atoms. The summed E-state index contributed by atoms with van der Waals surface area (Å²) in [5.74, 6) is -0.507. The lowest BCUT2D eigenvalue weighted by molar-refractivity contribution is -0.117. The minimum Gasteiger partial charge on any atom is -0.325 e. The quantitative estimate of drug-likeness (QED) is 0.796. The van der Waals surface area contributed by atoms with Gasteiger partial charge in [-0.15, -0.1) is 12.4 Å². The fraction of sp³-hybridized carbons (Fsp3) is 0.273. The largest absolute Gasteiger partial charge is 0.325 e. The van der Waals surface area contributed by atoms with Gasteiger partial charge in [0.1, 0.15) is 0 Å². The SMILES string of the molecule is CC(=O)Nc1ccc(NC(=O)[C@H](C)N)cc1Cl.Cl. The molecule has 1 aromatic rings. The highest BCUT2D eigenvalue weighted by Gasteiger charge is 2.09. The number of anilines is 2. The van der Waals surface area contributed by atoms with E-state index in [4.69, 9.17) is 17.3 Å². The molecule has 0 saturated carbocycles. The number of amides is 2. The Hall–Kier alpha value is -1.30. The number of rotatable bonds is 3. The third-order valence-corrected chi connectivity index (χ3v) is 2.27. The number of nitrogens with two attached hydrogens (primary N) is 1. The minimum absolute atomic E-state index is 0. The maximum atomic E-state index is 11.3. The number of nitrogens with one attached hydrogen (secondary N) is 2. The van der Waals surface area contributed by atoms with E-state index in [0.717, 1.165) is 0 Å². The number of hydrogen-bond acceptors (Lipinski definition) is 3. The highest BCUT2D eigenvalue weighted by Crippen LogP contribution is 2.25. The minimum atomic E-state index is -0.594. The smallest absolute Gasteiger partial charge is 0.240 e. The second-order valence-corrected chi connectivity index (χ2v) is 4.06. The first kappa shape index (κ1) is 16.7. The Morgan fingerprint density at radius 1 is 1.33 bits per heavy atom. The van der Waals surface area contributed by atoms with E-state index in [0.29, 0.717) is 16.4 Å². The van der Waals surface area contributed by atoms with Gasteiger partial charge in [0.2, 0.25) is 11.8 Å². The summed E-state index contributed by atoms with van der Waals surface area (Å²) in [5.41, 5.74) is 6.45. The second kappa shape index (κ2) is 7.20. The van der Waals surface area contributed by atoms with Crippen molar-refractivity contribution in [1.82, 2.24) is 0 Å². The molecule has 0 radical (unpaired) electrons. The standard InChI is InChI=1S/C11H14ClN3O2.ClH/c1-6(13)11(17)15-8-3-4-10(9(12)5-8)14-7(2)16;/h3-6H,13H2,1-2H3,(H,14,16)(H,15,17);1H/t6-;/m0./s1. The van der Waals surface area contributed by atoms with Gasteiger partial charge >= 0.3 is 0 Å². The highest BCUT2D eigenvalue weighted by molar-refractivity contribution is 6.34. The average Bonchev–Trinajstić information content (AvgIpc) is 2.21. The number of halogens is 2. The van der Waals surface area contributed by atoms with Crippen LogP contribution in [0.2, 0.25) is 5.02 Å². The molecule has 18 heavy (non-hydrogen) atoms. The molecule has 7 heteroatoms. The summed E-state index contributed by atoms with van der Waals surface area (Å²) in [5, 5.41) is 5.52. The second-order valence-electron chi connectivity index (χ2n) is 3.65. The average molecular weight is 292 g/mol. The van der Waals surface area contributed by atoms with Crippen LogP contribution < -0.4 is 16.4 Å². The van der Waals surface area contributed by atoms with Gasteiger partial charge in [-0.05, 0) is 25.1 Å². The Kier molecular flexibility index (Phi) is 6.68. The van der Waals surface area contributed by atoms with Gasteiger partial charge in [0, 0.05) is 12.6 Å². The van der Waals surface area contributed by atoms with Gasteiger partial charge < -0.3 is 16.4 Å². The lowest BCUT2D eigenvalue weighted by atomic mass is 10.2. The number of benzene rings is 1. The summed E-state index contributed by atoms with van der Waals surface area (Å²) < 4.78 is 0. The van der Waals surface area contributed by atoms with Crippen molar-refractivity contribution in [2.75, 3.05) is 10.6 Å². The zero-order valence-electron chi connectivity index (χ0n) is 9.99. The molecule has 0 aliphatic heterocycles. The van der Waals surface area contributed by atoms with Crippen LogP contribution in [-0.2, 0) is 9.59 Å². The first-order valence-corrected chi connectivity index (χ1v) is 5.41. The molecule has 5 nitrogen and oxygen atoms in total. The van der Waals surface area contributed by atoms with Crippen molar-refractivity contribution in [3.8, 4) is 0 Å². The van der Waals surface area contributed by atoms with Crippen LogP contribution >= 0.6 is 24.0 Å². The molecule has 0 fully saturated rings. The van der Waals surface area contributed by atoms with Crippen LogP contribution in [-0.4, -0.2) is 17.9 Å². The van der Waals surface area contributed by atoms with Gasteiger partial charge in [0.05, 0.1) is 16.8 Å². The van der Waals surface area contributed by atoms with Crippen LogP contribution in [0.1, 0.15) is 13.8 Å². The Balaban J connectivity index is 0.00000289. The molecule has 100 valence electrons. The molecule has 0 heterocycles. The van der Waals surface area contributed by atoms with Crippen LogP contribution in [0.5, 0.6) is 0 Å². The molecule has 1 atom stereocenters. The summed E-state index contributed by atoms with van der Waals surface area (Å²) in [6.45, 7) is 2.98. The highest BCUT2D eigenvalue weighted by atomic mass is 35.5. The summed E-state index contributed by atoms with van der Waals surface area (Å²) in [4.78, 5) is 22.2. The monoisotopic (exact) mass is 291 g/mol. The zero-order chi connectivity index (χ0) is 13.0. The van der Waals surface area contributed by atoms with Crippen molar-refractivity contribution in [3.05, 3.63) is 23.2 Å². The summed E-state index contributed by atoms with van der Waals surface area (Å²) in [6.07, 6.45) is 0. The van der Waals surface area contributed by atoms with Crippen molar-refractivity contribution >= 4 is 47.2 Å². The van der Waals surface area contributed by atoms with Crippen molar-refractivity contribution < 1.29 is 9.59 Å². The topological polar surface area (TPSA) is 84.2 Å². The van der Waals surface area contributed by atoms with Gasteiger partial charge in [-0.3, -0.25) is 9.59 Å². The number of carbonyl (C=O) groups excluding carboxylic acids is 2. The van der Waals surface area contributed by atoms with E-state index in [2.05, 4.69) is 10.6 Å². The fourth-order valence-electron chi connectivity index (χ4n) is 1.14. The van der Waals surface area contributed by atoms with Crippen molar-refractivity contribution in [1.29, 1.82) is 0 Å². The lowest BCUT2D eigenvalue weighted by Gasteiger charge is -2.10. The van der Waals surface area contributed by atoms with Crippen LogP contribution in [0, 0.1) is 0 Å². The molecule has 0 bridgehead atoms. The van der Waals surface area contributed by atoms with Gasteiger partial charge in [0.25, 0.3) is 0 Å². The Morgan fingerprint density at radius 3 is 2.39 bits per heavy atom. The maximum absolute atomic E-state index is 11.3. The van der Waals surface area contributed by atoms with E-state index >= 15 is 0 Å². The predicted octanol–water partition coefficient (Wildman–Crippen LogP) is 2.01. The van der Waals surface area contributed by atoms with Crippen molar-refractivity contribution in [2.45, 2.75) is 19.9 Å². The molecule has 4 N–H and O–H groups in total. The lowest BCUT2D eigenvalue weighted by Crippen LogP contribution is -2.32. The van der Waals surface area contributed by atoms with Gasteiger partial charge in [0.15, 0.2) is 0 Å². The number of hydrogen-bond donors (Lipinski definition) is 3. The Bertz CT molecular complexity index is 450. The molecule has 1 aromatic carbocycles. The van der Waals surface area contributed by atoms with Crippen LogP contribution in [0.3, 0.4) is 0 Å². The van der Waals surface area contributed by atoms with Gasteiger partial charge in [-0.1, -0.05) is 11.6 Å². The summed E-state index contributed by atoms with van der Waals surface area (Å²) >= 11 is 5.94. The van der Waals surface area contributed by atoms with Crippen molar-refractivity contribution in [2.24, 2.45) is 5.73 Å². The van der Waals surface area contributed by atoms with E-state index < -0.39 is 6.04 Å². The van der Waals surface area contributed by atoms with E-state index in [1.165, 1.54) is 6.92 Å². The van der Waals surface area contributed by atoms with Crippen molar-refractivity contribution in [3.63, 3.8) is 0 Å². The summed E-state index contributed by atoms with van der Waals surface area (Å²) in [6, 6.07) is 4.20. The van der Waals surface area contributed by atoms with Crippen LogP contribution in [0.15, 0.2) is 18.2 Å². The van der Waals surface area contributed by atoms with Gasteiger partial charge in [-0.2, -0.15) is 0 Å². The number of carbonyl (C=O) groups is 2. The molecule has 0 aliphatic carbocycles. The van der Waals surface area contributed by atoms with Crippen LogP contribution in [0.4, 0.5) is 11.4 Å². The molecular formula is C11H15Cl2N3O2. The first-order valence-electron chi connectivity index (χ1n) is 5.03. The third-order valence-electron chi connectivity index (χ3n) is 1.96. The normalized spacial score (nSPS) is 11.1. The first-order chi connectivity index (χ1) is 7.90. The summed E-state index contributed by atoms with van der Waals surface area (Å²) in [7, 11) is 0. The van der Waals surface area contributed by atoms with E-state index in [9.17, 15) is 9.59 Å². The molecule has 0 aliphatic rings. The maximum Gasteiger partial charge on any atom is 0.240 e. The molecule has 2 amide bonds. The van der Waals surface area contributed by atoms with E-state index in [1.807, 2.05) is 0 Å². The van der Waals surface area contributed by atoms with E-state index in [-0.39, 0.29) is 24.2 Å². The zero-order valence-corrected chi connectivity index (χ0v) is 11.6. The van der Waals surface area contributed by atoms with Gasteiger partial charge in [-0.25, -0.2) is 0 Å². The molecule has 0 saturated heterocycles. The molecular weight excluding hydrogens is 277 g/mol. The molecule has 0 aromatic heterocycles. The van der Waals surface area contributed by atoms with Crippen LogP contribution in [0.25, 0.3) is 0 Å². The predicted molar refractivity (Wildman–Crippen MR) is 75.3 cm³/mol. The third kappa shape index (κ3) is 4.91. The Morgan fingerprint density at radius 2 is 1.94 bits per heavy atom. The molecule has 1 rings (SSSR count). The molecule has 0 unspecified atom stereocenters. The fourth-order valence-corrected chi connectivity index (χ4v) is 1.37. The van der Waals surface area contributed by atoms with E-state index in [1.54, 1.807) is 25.1 Å². The Labute approximate surface area is 116 Å².